The maximum Gasteiger partial charge on any atom is 0.419 e. The molecule has 0 spiro atoms. The molecule has 0 saturated carbocycles. The van der Waals surface area contributed by atoms with E-state index in [1.807, 2.05) is 0 Å². The Bertz CT molecular complexity index is 1140. The van der Waals surface area contributed by atoms with Gasteiger partial charge in [0.1, 0.15) is 17.5 Å². The Morgan fingerprint density at radius 1 is 1.12 bits per heavy atom. The summed E-state index contributed by atoms with van der Waals surface area (Å²) in [6.07, 6.45) is 1.16. The summed E-state index contributed by atoms with van der Waals surface area (Å²) >= 11 is 0. The summed E-state index contributed by atoms with van der Waals surface area (Å²) in [6, 6.07) is 2.69. The van der Waals surface area contributed by atoms with Crippen molar-refractivity contribution in [2.45, 2.75) is 65.1 Å². The van der Waals surface area contributed by atoms with Crippen molar-refractivity contribution in [2.24, 2.45) is 0 Å². The molecule has 182 valence electrons. The van der Waals surface area contributed by atoms with Crippen LogP contribution in [0.3, 0.4) is 0 Å². The standard InChI is InChI=1S/C24H28FN3O6/c1-23(2,3)33-21(31)27-13-14(8-10-29)19-16(20(27)30)11-18(15-7-9-26-12-17(15)25)28(19)22(32)34-24(4,5)6/h7,9-12,14H,8,13H2,1-6H3. The zero-order valence-corrected chi connectivity index (χ0v) is 20.0. The van der Waals surface area contributed by atoms with E-state index in [0.29, 0.717) is 6.29 Å². The lowest BCUT2D eigenvalue weighted by Gasteiger charge is -2.33. The molecule has 10 heteroatoms. The number of halogens is 1. The number of hydrogen-bond acceptors (Lipinski definition) is 7. The first kappa shape index (κ1) is 25.1. The Morgan fingerprint density at radius 3 is 2.29 bits per heavy atom. The van der Waals surface area contributed by atoms with Gasteiger partial charge in [0.05, 0.1) is 17.5 Å². The third kappa shape index (κ3) is 5.16. The summed E-state index contributed by atoms with van der Waals surface area (Å²) in [5.41, 5.74) is -1.51. The topological polar surface area (TPSA) is 108 Å². The number of imide groups is 1. The minimum Gasteiger partial charge on any atom is -0.443 e. The third-order valence-corrected chi connectivity index (χ3v) is 4.92. The van der Waals surface area contributed by atoms with Crippen molar-refractivity contribution in [1.82, 2.24) is 14.5 Å². The molecule has 0 aliphatic carbocycles. The maximum absolute atomic E-state index is 14.7. The number of hydrogen-bond donors (Lipinski definition) is 0. The van der Waals surface area contributed by atoms with Crippen LogP contribution in [0.15, 0.2) is 24.5 Å². The fourth-order valence-corrected chi connectivity index (χ4v) is 3.70. The van der Waals surface area contributed by atoms with Gasteiger partial charge >= 0.3 is 12.2 Å². The molecule has 34 heavy (non-hydrogen) atoms. The number of ether oxygens (including phenoxy) is 2. The fraction of sp³-hybridized carbons (Fsp3) is 0.458. The van der Waals surface area contributed by atoms with E-state index in [1.54, 1.807) is 41.5 Å². The largest absolute Gasteiger partial charge is 0.443 e. The highest BCUT2D eigenvalue weighted by atomic mass is 19.1. The molecule has 1 atom stereocenters. The minimum atomic E-state index is -0.885. The van der Waals surface area contributed by atoms with Crippen LogP contribution in [0.5, 0.6) is 0 Å². The van der Waals surface area contributed by atoms with Crippen LogP contribution in [0.2, 0.25) is 0 Å². The molecule has 1 aliphatic rings. The predicted molar refractivity (Wildman–Crippen MR) is 120 cm³/mol. The summed E-state index contributed by atoms with van der Waals surface area (Å²) in [5.74, 6) is -2.17. The van der Waals surface area contributed by atoms with Crippen LogP contribution in [0.1, 0.15) is 69.9 Å². The van der Waals surface area contributed by atoms with Crippen LogP contribution < -0.4 is 0 Å². The lowest BCUT2D eigenvalue weighted by atomic mass is 9.93. The lowest BCUT2D eigenvalue weighted by molar-refractivity contribution is -0.108. The number of carbonyl (C=O) groups is 4. The summed E-state index contributed by atoms with van der Waals surface area (Å²) < 4.78 is 26.7. The molecule has 1 aliphatic heterocycles. The zero-order valence-electron chi connectivity index (χ0n) is 20.0. The van der Waals surface area contributed by atoms with E-state index in [-0.39, 0.29) is 35.5 Å². The van der Waals surface area contributed by atoms with Crippen LogP contribution in [0.4, 0.5) is 14.0 Å². The maximum atomic E-state index is 14.7. The first-order valence-corrected chi connectivity index (χ1v) is 10.8. The molecule has 2 aromatic rings. The highest BCUT2D eigenvalue weighted by molar-refractivity contribution is 6.07. The van der Waals surface area contributed by atoms with Gasteiger partial charge in [0.15, 0.2) is 5.82 Å². The lowest BCUT2D eigenvalue weighted by Crippen LogP contribution is -2.46. The number of fused-ring (bicyclic) bond motifs is 1. The highest BCUT2D eigenvalue weighted by Crippen LogP contribution is 2.38. The van der Waals surface area contributed by atoms with Gasteiger partial charge in [0.25, 0.3) is 5.91 Å². The number of aromatic nitrogens is 2. The Morgan fingerprint density at radius 2 is 1.74 bits per heavy atom. The molecule has 1 unspecified atom stereocenters. The Hall–Kier alpha value is -3.56. The first-order valence-electron chi connectivity index (χ1n) is 10.8. The molecule has 0 radical (unpaired) electrons. The summed E-state index contributed by atoms with van der Waals surface area (Å²) in [5, 5.41) is 0. The van der Waals surface area contributed by atoms with Crippen LogP contribution >= 0.6 is 0 Å². The molecule has 3 heterocycles. The van der Waals surface area contributed by atoms with Crippen molar-refractivity contribution in [2.75, 3.05) is 6.54 Å². The molecule has 2 amide bonds. The van der Waals surface area contributed by atoms with E-state index in [1.165, 1.54) is 18.3 Å². The second-order valence-corrected chi connectivity index (χ2v) is 10.00. The monoisotopic (exact) mass is 473 g/mol. The third-order valence-electron chi connectivity index (χ3n) is 4.92. The van der Waals surface area contributed by atoms with E-state index in [2.05, 4.69) is 4.98 Å². The van der Waals surface area contributed by atoms with Crippen molar-refractivity contribution >= 4 is 24.4 Å². The molecule has 3 rings (SSSR count). The number of aldehydes is 1. The number of rotatable bonds is 3. The van der Waals surface area contributed by atoms with E-state index in [0.717, 1.165) is 15.7 Å². The SMILES string of the molecule is CC(C)(C)OC(=O)N1CC(CC=O)c2c(cc(-c3ccncc3F)n2C(=O)OC(C)(C)C)C1=O. The average Bonchev–Trinajstić information content (AvgIpc) is 3.09. The second kappa shape index (κ2) is 9.00. The molecule has 0 N–H and O–H groups in total. The highest BCUT2D eigenvalue weighted by Gasteiger charge is 2.42. The Kier molecular flexibility index (Phi) is 6.64. The quantitative estimate of drug-likeness (QED) is 0.603. The molecule has 2 aromatic heterocycles. The molecule has 0 fully saturated rings. The van der Waals surface area contributed by atoms with Crippen molar-refractivity contribution in [1.29, 1.82) is 0 Å². The van der Waals surface area contributed by atoms with Gasteiger partial charge in [-0.1, -0.05) is 0 Å². The smallest absolute Gasteiger partial charge is 0.419 e. The van der Waals surface area contributed by atoms with Crippen LogP contribution in [-0.4, -0.2) is 56.6 Å². The van der Waals surface area contributed by atoms with Crippen molar-refractivity contribution in [3.8, 4) is 11.3 Å². The van der Waals surface area contributed by atoms with E-state index >= 15 is 0 Å². The zero-order chi connectivity index (χ0) is 25.4. The van der Waals surface area contributed by atoms with Gasteiger partial charge in [-0.05, 0) is 53.7 Å². The minimum absolute atomic E-state index is 0.0109. The molecular weight excluding hydrogens is 445 g/mol. The molecular formula is C24H28FN3O6. The summed E-state index contributed by atoms with van der Waals surface area (Å²) in [7, 11) is 0. The number of nitrogens with zero attached hydrogens (tertiary/aromatic N) is 3. The average molecular weight is 474 g/mol. The van der Waals surface area contributed by atoms with Crippen molar-refractivity contribution in [3.63, 3.8) is 0 Å². The fourth-order valence-electron chi connectivity index (χ4n) is 3.70. The molecule has 0 saturated heterocycles. The molecule has 9 nitrogen and oxygen atoms in total. The van der Waals surface area contributed by atoms with Gasteiger partial charge in [0.2, 0.25) is 0 Å². The van der Waals surface area contributed by atoms with E-state index < -0.39 is 41.0 Å². The van der Waals surface area contributed by atoms with E-state index in [9.17, 15) is 23.6 Å². The van der Waals surface area contributed by atoms with Crippen molar-refractivity contribution < 1.29 is 33.0 Å². The van der Waals surface area contributed by atoms with Gasteiger partial charge in [0, 0.05) is 36.3 Å². The first-order chi connectivity index (χ1) is 15.7. The number of amides is 2. The van der Waals surface area contributed by atoms with Gasteiger partial charge in [-0.2, -0.15) is 0 Å². The Labute approximate surface area is 196 Å². The Balaban J connectivity index is 2.23. The van der Waals surface area contributed by atoms with Gasteiger partial charge in [-0.15, -0.1) is 0 Å². The summed E-state index contributed by atoms with van der Waals surface area (Å²) in [4.78, 5) is 55.5. The number of pyridine rings is 1. The molecule has 0 aromatic carbocycles. The predicted octanol–water partition coefficient (Wildman–Crippen LogP) is 4.54. The van der Waals surface area contributed by atoms with Crippen LogP contribution in [-0.2, 0) is 14.3 Å². The normalized spacial score (nSPS) is 16.1. The molecule has 0 bridgehead atoms. The van der Waals surface area contributed by atoms with Crippen LogP contribution in [0, 0.1) is 5.82 Å². The van der Waals surface area contributed by atoms with Gasteiger partial charge in [-0.25, -0.2) is 23.4 Å². The second-order valence-electron chi connectivity index (χ2n) is 10.00. The van der Waals surface area contributed by atoms with Gasteiger partial charge in [-0.3, -0.25) is 9.78 Å². The summed E-state index contributed by atoms with van der Waals surface area (Å²) in [6.45, 7) is 9.82. The van der Waals surface area contributed by atoms with E-state index in [4.69, 9.17) is 9.47 Å². The van der Waals surface area contributed by atoms with Crippen LogP contribution in [0.25, 0.3) is 11.3 Å². The van der Waals surface area contributed by atoms with Crippen molar-refractivity contribution in [3.05, 3.63) is 41.6 Å². The van der Waals surface area contributed by atoms with Gasteiger partial charge < -0.3 is 14.3 Å². The number of carbonyl (C=O) groups excluding carboxylic acids is 4.